The van der Waals surface area contributed by atoms with E-state index in [1.165, 1.54) is 0 Å². The number of rotatable bonds is 5. The SMILES string of the molecule is CCN(C(=O)CCC(C)O)c1cccc(O)c1. The van der Waals surface area contributed by atoms with Gasteiger partial charge in [-0.25, -0.2) is 0 Å². The van der Waals surface area contributed by atoms with Gasteiger partial charge in [-0.05, 0) is 32.4 Å². The molecule has 1 aromatic rings. The molecule has 1 unspecified atom stereocenters. The fourth-order valence-electron chi connectivity index (χ4n) is 1.63. The van der Waals surface area contributed by atoms with Crippen molar-refractivity contribution in [3.8, 4) is 5.75 Å². The molecule has 0 heterocycles. The highest BCUT2D eigenvalue weighted by Gasteiger charge is 2.14. The van der Waals surface area contributed by atoms with Crippen LogP contribution in [0.5, 0.6) is 5.75 Å². The van der Waals surface area contributed by atoms with Gasteiger partial charge in [-0.15, -0.1) is 0 Å². The molecule has 94 valence electrons. The van der Waals surface area contributed by atoms with Crippen molar-refractivity contribution in [1.82, 2.24) is 0 Å². The van der Waals surface area contributed by atoms with Crippen LogP contribution < -0.4 is 4.90 Å². The van der Waals surface area contributed by atoms with Gasteiger partial charge in [0.15, 0.2) is 0 Å². The summed E-state index contributed by atoms with van der Waals surface area (Å²) in [6, 6.07) is 6.61. The van der Waals surface area contributed by atoms with Gasteiger partial charge in [-0.3, -0.25) is 4.79 Å². The topological polar surface area (TPSA) is 60.8 Å². The van der Waals surface area contributed by atoms with Crippen molar-refractivity contribution in [1.29, 1.82) is 0 Å². The van der Waals surface area contributed by atoms with E-state index in [0.717, 1.165) is 0 Å². The van der Waals surface area contributed by atoms with Crippen LogP contribution in [0.4, 0.5) is 5.69 Å². The third-order valence-electron chi connectivity index (χ3n) is 2.53. The van der Waals surface area contributed by atoms with E-state index in [-0.39, 0.29) is 11.7 Å². The average molecular weight is 237 g/mol. The average Bonchev–Trinajstić information content (AvgIpc) is 2.27. The standard InChI is InChI=1S/C13H19NO3/c1-3-14(13(17)8-7-10(2)15)11-5-4-6-12(16)9-11/h4-6,9-10,15-16H,3,7-8H2,1-2H3. The number of carbonyl (C=O) groups excluding carboxylic acids is 1. The third kappa shape index (κ3) is 4.07. The van der Waals surface area contributed by atoms with Crippen LogP contribution in [0.3, 0.4) is 0 Å². The van der Waals surface area contributed by atoms with Gasteiger partial charge in [-0.1, -0.05) is 6.07 Å². The molecule has 17 heavy (non-hydrogen) atoms. The molecule has 1 aromatic carbocycles. The van der Waals surface area contributed by atoms with Gasteiger partial charge in [0.25, 0.3) is 0 Å². The van der Waals surface area contributed by atoms with Gasteiger partial charge in [-0.2, -0.15) is 0 Å². The number of phenols is 1. The zero-order valence-corrected chi connectivity index (χ0v) is 10.3. The Bertz CT molecular complexity index is 377. The number of hydrogen-bond acceptors (Lipinski definition) is 3. The second-order valence-electron chi connectivity index (χ2n) is 4.05. The van der Waals surface area contributed by atoms with E-state index in [1.807, 2.05) is 6.92 Å². The summed E-state index contributed by atoms with van der Waals surface area (Å²) in [6.07, 6.45) is 0.289. The van der Waals surface area contributed by atoms with Gasteiger partial charge in [0.2, 0.25) is 5.91 Å². The molecule has 0 fully saturated rings. The molecule has 4 heteroatoms. The molecule has 0 aromatic heterocycles. The van der Waals surface area contributed by atoms with Crippen LogP contribution in [-0.4, -0.2) is 28.8 Å². The number of benzene rings is 1. The fourth-order valence-corrected chi connectivity index (χ4v) is 1.63. The summed E-state index contributed by atoms with van der Waals surface area (Å²) in [6.45, 7) is 4.09. The highest BCUT2D eigenvalue weighted by molar-refractivity contribution is 5.93. The number of amides is 1. The molecule has 0 aliphatic heterocycles. The van der Waals surface area contributed by atoms with E-state index < -0.39 is 6.10 Å². The Morgan fingerprint density at radius 3 is 2.71 bits per heavy atom. The van der Waals surface area contributed by atoms with Crippen molar-refractivity contribution in [2.45, 2.75) is 32.8 Å². The Morgan fingerprint density at radius 2 is 2.18 bits per heavy atom. The van der Waals surface area contributed by atoms with Gasteiger partial charge < -0.3 is 15.1 Å². The molecule has 0 saturated carbocycles. The maximum atomic E-state index is 11.9. The van der Waals surface area contributed by atoms with Crippen molar-refractivity contribution in [2.24, 2.45) is 0 Å². The molecular weight excluding hydrogens is 218 g/mol. The molecule has 0 spiro atoms. The number of carbonyl (C=O) groups is 1. The molecule has 0 bridgehead atoms. The first-order valence-corrected chi connectivity index (χ1v) is 5.82. The Labute approximate surface area is 101 Å². The number of aromatic hydroxyl groups is 1. The van der Waals surface area contributed by atoms with Crippen LogP contribution in [0.1, 0.15) is 26.7 Å². The van der Waals surface area contributed by atoms with Crippen LogP contribution in [0.15, 0.2) is 24.3 Å². The number of phenolic OH excluding ortho intramolecular Hbond substituents is 1. The second kappa shape index (κ2) is 6.25. The van der Waals surface area contributed by atoms with Gasteiger partial charge in [0.05, 0.1) is 6.10 Å². The van der Waals surface area contributed by atoms with Crippen molar-refractivity contribution in [2.75, 3.05) is 11.4 Å². The van der Waals surface area contributed by atoms with Gasteiger partial charge in [0.1, 0.15) is 5.75 Å². The number of aliphatic hydroxyl groups is 1. The first-order valence-electron chi connectivity index (χ1n) is 5.82. The lowest BCUT2D eigenvalue weighted by molar-refractivity contribution is -0.119. The van der Waals surface area contributed by atoms with Crippen molar-refractivity contribution < 1.29 is 15.0 Å². The predicted molar refractivity (Wildman–Crippen MR) is 67.0 cm³/mol. The predicted octanol–water partition coefficient (Wildman–Crippen LogP) is 1.91. The van der Waals surface area contributed by atoms with E-state index in [4.69, 9.17) is 5.11 Å². The summed E-state index contributed by atoms with van der Waals surface area (Å²) in [7, 11) is 0. The molecule has 1 atom stereocenters. The van der Waals surface area contributed by atoms with Crippen molar-refractivity contribution >= 4 is 11.6 Å². The fraction of sp³-hybridized carbons (Fsp3) is 0.462. The normalized spacial score (nSPS) is 12.2. The minimum absolute atomic E-state index is 0.0426. The second-order valence-corrected chi connectivity index (χ2v) is 4.05. The number of aliphatic hydroxyl groups excluding tert-OH is 1. The maximum absolute atomic E-state index is 11.9. The summed E-state index contributed by atoms with van der Waals surface area (Å²) in [4.78, 5) is 13.5. The highest BCUT2D eigenvalue weighted by Crippen LogP contribution is 2.20. The lowest BCUT2D eigenvalue weighted by Crippen LogP contribution is -2.30. The third-order valence-corrected chi connectivity index (χ3v) is 2.53. The van der Waals surface area contributed by atoms with E-state index in [9.17, 15) is 9.90 Å². The molecule has 4 nitrogen and oxygen atoms in total. The van der Waals surface area contributed by atoms with Crippen LogP contribution in [0.25, 0.3) is 0 Å². The van der Waals surface area contributed by atoms with E-state index >= 15 is 0 Å². The molecule has 2 N–H and O–H groups in total. The lowest BCUT2D eigenvalue weighted by atomic mass is 10.2. The minimum Gasteiger partial charge on any atom is -0.508 e. The summed E-state index contributed by atoms with van der Waals surface area (Å²) < 4.78 is 0. The Kier molecular flexibility index (Phi) is 4.97. The summed E-state index contributed by atoms with van der Waals surface area (Å²) >= 11 is 0. The highest BCUT2D eigenvalue weighted by atomic mass is 16.3. The zero-order valence-electron chi connectivity index (χ0n) is 10.3. The summed E-state index contributed by atoms with van der Waals surface area (Å²) in [5, 5.41) is 18.5. The Hall–Kier alpha value is -1.55. The Morgan fingerprint density at radius 1 is 1.47 bits per heavy atom. The Balaban J connectivity index is 2.74. The van der Waals surface area contributed by atoms with Gasteiger partial charge >= 0.3 is 0 Å². The number of hydrogen-bond donors (Lipinski definition) is 2. The number of nitrogens with zero attached hydrogens (tertiary/aromatic N) is 1. The first-order chi connectivity index (χ1) is 8.04. The smallest absolute Gasteiger partial charge is 0.227 e. The molecule has 0 aliphatic carbocycles. The van der Waals surface area contributed by atoms with E-state index in [2.05, 4.69) is 0 Å². The van der Waals surface area contributed by atoms with Crippen molar-refractivity contribution in [3.63, 3.8) is 0 Å². The molecule has 1 amide bonds. The van der Waals surface area contributed by atoms with Crippen LogP contribution >= 0.6 is 0 Å². The molecular formula is C13H19NO3. The largest absolute Gasteiger partial charge is 0.508 e. The maximum Gasteiger partial charge on any atom is 0.227 e. The summed E-state index contributed by atoms with van der Waals surface area (Å²) in [5.41, 5.74) is 0.683. The molecule has 0 aliphatic rings. The monoisotopic (exact) mass is 237 g/mol. The van der Waals surface area contributed by atoms with Gasteiger partial charge in [0, 0.05) is 24.7 Å². The van der Waals surface area contributed by atoms with E-state index in [1.54, 1.807) is 36.1 Å². The lowest BCUT2D eigenvalue weighted by Gasteiger charge is -2.21. The summed E-state index contributed by atoms with van der Waals surface area (Å²) in [5.74, 6) is 0.100. The first kappa shape index (κ1) is 13.5. The quantitative estimate of drug-likeness (QED) is 0.822. The van der Waals surface area contributed by atoms with Crippen LogP contribution in [0.2, 0.25) is 0 Å². The zero-order chi connectivity index (χ0) is 12.8. The van der Waals surface area contributed by atoms with Crippen LogP contribution in [-0.2, 0) is 4.79 Å². The minimum atomic E-state index is -0.471. The number of anilines is 1. The molecule has 0 saturated heterocycles. The molecule has 1 rings (SSSR count). The van der Waals surface area contributed by atoms with Crippen molar-refractivity contribution in [3.05, 3.63) is 24.3 Å². The molecule has 0 radical (unpaired) electrons. The van der Waals surface area contributed by atoms with E-state index in [0.29, 0.717) is 25.1 Å². The van der Waals surface area contributed by atoms with Crippen LogP contribution in [0, 0.1) is 0 Å².